The Morgan fingerprint density at radius 1 is 1.14 bits per heavy atom. The second kappa shape index (κ2) is 6.04. The molecule has 1 fully saturated rings. The average Bonchev–Trinajstić information content (AvgIpc) is 2.54. The highest BCUT2D eigenvalue weighted by Gasteiger charge is 2.34. The van der Waals surface area contributed by atoms with Gasteiger partial charge in [-0.3, -0.25) is 0 Å². The highest BCUT2D eigenvalue weighted by Crippen LogP contribution is 2.25. The van der Waals surface area contributed by atoms with Gasteiger partial charge in [-0.15, -0.1) is 0 Å². The lowest BCUT2D eigenvalue weighted by Gasteiger charge is -2.36. The number of hydrogen-bond donors (Lipinski definition) is 1. The van der Waals surface area contributed by atoms with Crippen LogP contribution < -0.4 is 0 Å². The van der Waals surface area contributed by atoms with Crippen LogP contribution in [0.2, 0.25) is 0 Å². The van der Waals surface area contributed by atoms with Gasteiger partial charge in [0.25, 0.3) is 10.2 Å². The van der Waals surface area contributed by atoms with Crippen LogP contribution in [-0.2, 0) is 23.2 Å². The molecule has 116 valence electrons. The van der Waals surface area contributed by atoms with E-state index in [9.17, 15) is 13.5 Å². The van der Waals surface area contributed by atoms with Crippen molar-refractivity contribution in [3.05, 3.63) is 35.4 Å². The molecule has 2 aliphatic rings. The number of piperidine rings is 1. The molecule has 0 spiro atoms. The van der Waals surface area contributed by atoms with Crippen LogP contribution in [0.3, 0.4) is 0 Å². The van der Waals surface area contributed by atoms with Crippen LogP contribution in [0, 0.1) is 5.92 Å². The molecule has 1 saturated heterocycles. The summed E-state index contributed by atoms with van der Waals surface area (Å²) in [6, 6.07) is 8.03. The molecule has 1 unspecified atom stereocenters. The maximum absolute atomic E-state index is 12.8. The van der Waals surface area contributed by atoms with E-state index in [4.69, 9.17) is 0 Å². The number of nitrogens with zero attached hydrogens (tertiary/aromatic N) is 2. The maximum atomic E-state index is 12.8. The molecule has 2 heterocycles. The van der Waals surface area contributed by atoms with Gasteiger partial charge in [0.1, 0.15) is 0 Å². The fourth-order valence-electron chi connectivity index (χ4n) is 3.22. The van der Waals surface area contributed by atoms with Gasteiger partial charge < -0.3 is 5.11 Å². The first-order valence-corrected chi connectivity index (χ1v) is 8.94. The van der Waals surface area contributed by atoms with Crippen LogP contribution in [0.4, 0.5) is 0 Å². The second-order valence-electron chi connectivity index (χ2n) is 5.91. The predicted molar refractivity (Wildman–Crippen MR) is 80.9 cm³/mol. The van der Waals surface area contributed by atoms with Crippen LogP contribution in [0.1, 0.15) is 24.0 Å². The number of aliphatic hydroxyl groups is 1. The molecule has 0 bridgehead atoms. The van der Waals surface area contributed by atoms with Crippen molar-refractivity contribution in [2.75, 3.05) is 26.2 Å². The van der Waals surface area contributed by atoms with Gasteiger partial charge in [0.05, 0.1) is 0 Å². The van der Waals surface area contributed by atoms with Crippen LogP contribution >= 0.6 is 0 Å². The van der Waals surface area contributed by atoms with Crippen molar-refractivity contribution in [3.63, 3.8) is 0 Å². The van der Waals surface area contributed by atoms with E-state index in [0.717, 1.165) is 24.8 Å². The molecule has 2 aliphatic heterocycles. The summed E-state index contributed by atoms with van der Waals surface area (Å²) in [7, 11) is -3.42. The molecule has 1 aromatic rings. The monoisotopic (exact) mass is 310 g/mol. The standard InChI is InChI=1S/C15H22N2O3S/c18-12-13-4-3-8-16(10-13)21(19,20)17-9-7-14-5-1-2-6-15(14)11-17/h1-2,5-6,13,18H,3-4,7-12H2. The van der Waals surface area contributed by atoms with Crippen molar-refractivity contribution in [3.8, 4) is 0 Å². The number of hydrogen-bond acceptors (Lipinski definition) is 3. The predicted octanol–water partition coefficient (Wildman–Crippen LogP) is 0.994. The minimum Gasteiger partial charge on any atom is -0.396 e. The van der Waals surface area contributed by atoms with Gasteiger partial charge in [-0.05, 0) is 36.3 Å². The topological polar surface area (TPSA) is 60.9 Å². The molecule has 1 N–H and O–H groups in total. The fourth-order valence-corrected chi connectivity index (χ4v) is 4.93. The maximum Gasteiger partial charge on any atom is 0.282 e. The molecule has 0 radical (unpaired) electrons. The van der Waals surface area contributed by atoms with E-state index in [1.807, 2.05) is 18.2 Å². The van der Waals surface area contributed by atoms with Crippen LogP contribution in [-0.4, -0.2) is 48.4 Å². The molecule has 0 aliphatic carbocycles. The Morgan fingerprint density at radius 2 is 1.90 bits per heavy atom. The highest BCUT2D eigenvalue weighted by molar-refractivity contribution is 7.86. The third-order valence-electron chi connectivity index (χ3n) is 4.49. The first kappa shape index (κ1) is 15.0. The minimum absolute atomic E-state index is 0.0643. The van der Waals surface area contributed by atoms with E-state index in [2.05, 4.69) is 6.07 Å². The molecule has 0 saturated carbocycles. The van der Waals surface area contributed by atoms with E-state index in [0.29, 0.717) is 26.2 Å². The van der Waals surface area contributed by atoms with Gasteiger partial charge >= 0.3 is 0 Å². The fraction of sp³-hybridized carbons (Fsp3) is 0.600. The summed E-state index contributed by atoms with van der Waals surface area (Å²) in [4.78, 5) is 0. The van der Waals surface area contributed by atoms with Crippen molar-refractivity contribution in [2.24, 2.45) is 5.92 Å². The number of fused-ring (bicyclic) bond motifs is 1. The SMILES string of the molecule is O=S(=O)(N1CCc2ccccc2C1)N1CCCC(CO)C1. The Kier molecular flexibility index (Phi) is 4.31. The van der Waals surface area contributed by atoms with Crippen molar-refractivity contribution in [2.45, 2.75) is 25.8 Å². The number of rotatable bonds is 3. The van der Waals surface area contributed by atoms with Crippen LogP contribution in [0.15, 0.2) is 24.3 Å². The third kappa shape index (κ3) is 2.99. The van der Waals surface area contributed by atoms with Gasteiger partial charge in [0.15, 0.2) is 0 Å². The van der Waals surface area contributed by atoms with E-state index in [1.54, 1.807) is 8.61 Å². The quantitative estimate of drug-likeness (QED) is 0.906. The first-order valence-electron chi connectivity index (χ1n) is 7.54. The molecule has 21 heavy (non-hydrogen) atoms. The van der Waals surface area contributed by atoms with E-state index < -0.39 is 10.2 Å². The summed E-state index contributed by atoms with van der Waals surface area (Å²) in [5.41, 5.74) is 2.35. The molecule has 6 heteroatoms. The third-order valence-corrected chi connectivity index (χ3v) is 6.44. The van der Waals surface area contributed by atoms with Gasteiger partial charge in [-0.2, -0.15) is 17.0 Å². The van der Waals surface area contributed by atoms with Crippen LogP contribution in [0.25, 0.3) is 0 Å². The summed E-state index contributed by atoms with van der Waals surface area (Å²) in [5, 5.41) is 9.28. The van der Waals surface area contributed by atoms with Gasteiger partial charge in [0.2, 0.25) is 0 Å². The highest BCUT2D eigenvalue weighted by atomic mass is 32.2. The summed E-state index contributed by atoms with van der Waals surface area (Å²) in [6.45, 7) is 2.07. The molecular weight excluding hydrogens is 288 g/mol. The summed E-state index contributed by atoms with van der Waals surface area (Å²) in [6.07, 6.45) is 2.51. The Balaban J connectivity index is 1.77. The Bertz CT molecular complexity index is 603. The molecule has 0 amide bonds. The lowest BCUT2D eigenvalue weighted by Crippen LogP contribution is -2.49. The van der Waals surface area contributed by atoms with Gasteiger partial charge in [-0.1, -0.05) is 24.3 Å². The first-order chi connectivity index (χ1) is 10.1. The minimum atomic E-state index is -3.42. The van der Waals surface area contributed by atoms with Crippen LogP contribution in [0.5, 0.6) is 0 Å². The van der Waals surface area contributed by atoms with Gasteiger partial charge in [0, 0.05) is 32.8 Å². The van der Waals surface area contributed by atoms with Crippen molar-refractivity contribution >= 4 is 10.2 Å². The average molecular weight is 310 g/mol. The largest absolute Gasteiger partial charge is 0.396 e. The summed E-state index contributed by atoms with van der Waals surface area (Å²) >= 11 is 0. The Morgan fingerprint density at radius 3 is 2.67 bits per heavy atom. The number of aliphatic hydroxyl groups excluding tert-OH is 1. The smallest absolute Gasteiger partial charge is 0.282 e. The van der Waals surface area contributed by atoms with E-state index >= 15 is 0 Å². The zero-order valence-corrected chi connectivity index (χ0v) is 12.9. The van der Waals surface area contributed by atoms with E-state index in [1.165, 1.54) is 5.56 Å². The number of benzene rings is 1. The summed E-state index contributed by atoms with van der Waals surface area (Å²) in [5.74, 6) is 0.0746. The Labute approximate surface area is 126 Å². The molecule has 3 rings (SSSR count). The van der Waals surface area contributed by atoms with E-state index in [-0.39, 0.29) is 12.5 Å². The van der Waals surface area contributed by atoms with Crippen molar-refractivity contribution in [1.82, 2.24) is 8.61 Å². The molecular formula is C15H22N2O3S. The zero-order valence-electron chi connectivity index (χ0n) is 12.1. The molecule has 1 aromatic carbocycles. The molecule has 1 atom stereocenters. The molecule has 0 aromatic heterocycles. The second-order valence-corrected chi connectivity index (χ2v) is 7.84. The Hall–Kier alpha value is -0.950. The molecule has 5 nitrogen and oxygen atoms in total. The zero-order chi connectivity index (χ0) is 14.9. The van der Waals surface area contributed by atoms with Crippen molar-refractivity contribution < 1.29 is 13.5 Å². The lowest BCUT2D eigenvalue weighted by atomic mass is 10.0. The normalized spacial score (nSPS) is 24.7. The lowest BCUT2D eigenvalue weighted by molar-refractivity contribution is 0.160. The summed E-state index contributed by atoms with van der Waals surface area (Å²) < 4.78 is 28.7. The van der Waals surface area contributed by atoms with Gasteiger partial charge in [-0.25, -0.2) is 0 Å². The van der Waals surface area contributed by atoms with Crippen molar-refractivity contribution in [1.29, 1.82) is 0 Å².